The van der Waals surface area contributed by atoms with E-state index in [-0.39, 0.29) is 24.2 Å². The summed E-state index contributed by atoms with van der Waals surface area (Å²) in [7, 11) is -3.81. The van der Waals surface area contributed by atoms with Gasteiger partial charge in [-0.15, -0.1) is 0 Å². The van der Waals surface area contributed by atoms with Crippen LogP contribution in [0.15, 0.2) is 48.5 Å². The Hall–Kier alpha value is -2.29. The van der Waals surface area contributed by atoms with Crippen LogP contribution < -0.4 is 9.62 Å². The molecule has 1 N–H and O–H groups in total. The number of halogens is 2. The second kappa shape index (κ2) is 11.0. The van der Waals surface area contributed by atoms with Gasteiger partial charge in [0.2, 0.25) is 21.8 Å². The molecule has 174 valence electrons. The minimum atomic E-state index is -3.81. The quantitative estimate of drug-likeness (QED) is 0.569. The van der Waals surface area contributed by atoms with Gasteiger partial charge in [0.1, 0.15) is 12.6 Å². The summed E-state index contributed by atoms with van der Waals surface area (Å²) >= 11 is 12.3. The minimum absolute atomic E-state index is 0.0400. The van der Waals surface area contributed by atoms with Gasteiger partial charge in [0.15, 0.2) is 0 Å². The third kappa shape index (κ3) is 7.12. The van der Waals surface area contributed by atoms with Crippen molar-refractivity contribution in [2.45, 2.75) is 39.4 Å². The minimum Gasteiger partial charge on any atom is -0.352 e. The highest BCUT2D eigenvalue weighted by atomic mass is 35.5. The second-order valence-electron chi connectivity index (χ2n) is 7.70. The first-order chi connectivity index (χ1) is 14.9. The van der Waals surface area contributed by atoms with Crippen molar-refractivity contribution in [3.8, 4) is 0 Å². The molecule has 0 fully saturated rings. The zero-order valence-corrected chi connectivity index (χ0v) is 20.7. The van der Waals surface area contributed by atoms with Gasteiger partial charge in [0.25, 0.3) is 0 Å². The average molecular weight is 500 g/mol. The summed E-state index contributed by atoms with van der Waals surface area (Å²) in [4.78, 5) is 27.4. The summed E-state index contributed by atoms with van der Waals surface area (Å²) in [5.41, 5.74) is 0.894. The fourth-order valence-electron chi connectivity index (χ4n) is 3.04. The SMILES string of the molecule is CC(C)NC(=O)C(C)N(Cc1ccccc1Cl)C(=O)CN(c1cccc(Cl)c1)S(C)(=O)=O. The topological polar surface area (TPSA) is 86.8 Å². The Bertz CT molecular complexity index is 1080. The van der Waals surface area contributed by atoms with Crippen molar-refractivity contribution in [3.63, 3.8) is 0 Å². The van der Waals surface area contributed by atoms with Crippen molar-refractivity contribution >= 4 is 50.7 Å². The lowest BCUT2D eigenvalue weighted by atomic mass is 10.1. The van der Waals surface area contributed by atoms with Crippen LogP contribution in [0.5, 0.6) is 0 Å². The zero-order chi connectivity index (χ0) is 24.1. The van der Waals surface area contributed by atoms with Gasteiger partial charge in [0.05, 0.1) is 11.9 Å². The monoisotopic (exact) mass is 499 g/mol. The molecule has 0 spiro atoms. The molecule has 0 saturated heterocycles. The first-order valence-corrected chi connectivity index (χ1v) is 12.6. The number of hydrogen-bond donors (Lipinski definition) is 1. The molecule has 1 atom stereocenters. The first-order valence-electron chi connectivity index (χ1n) is 9.96. The van der Waals surface area contributed by atoms with E-state index in [1.165, 1.54) is 11.0 Å². The van der Waals surface area contributed by atoms with Gasteiger partial charge in [-0.3, -0.25) is 13.9 Å². The molecule has 7 nitrogen and oxygen atoms in total. The predicted octanol–water partition coefficient (Wildman–Crippen LogP) is 3.70. The predicted molar refractivity (Wildman–Crippen MR) is 128 cm³/mol. The van der Waals surface area contributed by atoms with Crippen LogP contribution in [0.3, 0.4) is 0 Å². The molecule has 2 aromatic carbocycles. The molecule has 0 bridgehead atoms. The van der Waals surface area contributed by atoms with E-state index in [0.29, 0.717) is 15.6 Å². The molecular formula is C22H27Cl2N3O4S. The van der Waals surface area contributed by atoms with E-state index < -0.39 is 28.5 Å². The van der Waals surface area contributed by atoms with Crippen LogP contribution in [0.25, 0.3) is 0 Å². The lowest BCUT2D eigenvalue weighted by Crippen LogP contribution is -2.52. The normalized spacial score (nSPS) is 12.3. The molecule has 0 saturated carbocycles. The maximum Gasteiger partial charge on any atom is 0.244 e. The van der Waals surface area contributed by atoms with E-state index in [9.17, 15) is 18.0 Å². The highest BCUT2D eigenvalue weighted by Crippen LogP contribution is 2.23. The van der Waals surface area contributed by atoms with Crippen molar-refractivity contribution in [1.82, 2.24) is 10.2 Å². The van der Waals surface area contributed by atoms with E-state index in [2.05, 4.69) is 5.32 Å². The number of rotatable bonds is 9. The van der Waals surface area contributed by atoms with Gasteiger partial charge in [-0.25, -0.2) is 8.42 Å². The fraction of sp³-hybridized carbons (Fsp3) is 0.364. The Morgan fingerprint density at radius 3 is 2.25 bits per heavy atom. The van der Waals surface area contributed by atoms with Gasteiger partial charge in [-0.2, -0.15) is 0 Å². The van der Waals surface area contributed by atoms with E-state index in [1.54, 1.807) is 49.4 Å². The van der Waals surface area contributed by atoms with Crippen molar-refractivity contribution in [2.75, 3.05) is 17.1 Å². The first kappa shape index (κ1) is 26.0. The van der Waals surface area contributed by atoms with Gasteiger partial charge >= 0.3 is 0 Å². The van der Waals surface area contributed by atoms with Crippen LogP contribution in [-0.2, 0) is 26.2 Å². The Kier molecular flexibility index (Phi) is 8.95. The van der Waals surface area contributed by atoms with Crippen LogP contribution in [0.4, 0.5) is 5.69 Å². The van der Waals surface area contributed by atoms with Gasteiger partial charge in [0, 0.05) is 22.6 Å². The van der Waals surface area contributed by atoms with Crippen LogP contribution in [-0.4, -0.2) is 50.0 Å². The number of carbonyl (C=O) groups is 2. The highest BCUT2D eigenvalue weighted by molar-refractivity contribution is 7.92. The Morgan fingerprint density at radius 2 is 1.69 bits per heavy atom. The van der Waals surface area contributed by atoms with Crippen LogP contribution in [0, 0.1) is 0 Å². The van der Waals surface area contributed by atoms with Crippen LogP contribution in [0.1, 0.15) is 26.3 Å². The lowest BCUT2D eigenvalue weighted by molar-refractivity contribution is -0.139. The molecule has 0 heterocycles. The molecule has 2 amide bonds. The molecule has 0 aliphatic rings. The summed E-state index contributed by atoms with van der Waals surface area (Å²) in [6.45, 7) is 4.77. The molecule has 0 aliphatic heterocycles. The number of hydrogen-bond acceptors (Lipinski definition) is 4. The molecule has 2 aromatic rings. The molecule has 10 heteroatoms. The zero-order valence-electron chi connectivity index (χ0n) is 18.4. The van der Waals surface area contributed by atoms with Gasteiger partial charge in [-0.1, -0.05) is 47.5 Å². The molecule has 0 radical (unpaired) electrons. The molecule has 0 aromatic heterocycles. The molecule has 1 unspecified atom stereocenters. The van der Waals surface area contributed by atoms with Gasteiger partial charge < -0.3 is 10.2 Å². The molecule has 2 rings (SSSR count). The van der Waals surface area contributed by atoms with Crippen molar-refractivity contribution in [1.29, 1.82) is 0 Å². The number of benzene rings is 2. The summed E-state index contributed by atoms with van der Waals surface area (Å²) < 4.78 is 25.9. The third-order valence-corrected chi connectivity index (χ3v) is 6.42. The molecular weight excluding hydrogens is 473 g/mol. The lowest BCUT2D eigenvalue weighted by Gasteiger charge is -2.32. The second-order valence-corrected chi connectivity index (χ2v) is 10.5. The number of anilines is 1. The van der Waals surface area contributed by atoms with Crippen LogP contribution >= 0.6 is 23.2 Å². The summed E-state index contributed by atoms with van der Waals surface area (Å²) in [5, 5.41) is 3.56. The standard InChI is InChI=1S/C22H27Cl2N3O4S/c1-15(2)25-22(29)16(3)26(13-17-8-5-6-11-20(17)24)21(28)14-27(32(4,30)31)19-10-7-9-18(23)12-19/h5-12,15-16H,13-14H2,1-4H3,(H,25,29). The van der Waals surface area contributed by atoms with Crippen molar-refractivity contribution in [3.05, 3.63) is 64.1 Å². The smallest absolute Gasteiger partial charge is 0.244 e. The third-order valence-electron chi connectivity index (χ3n) is 4.67. The maximum absolute atomic E-state index is 13.4. The van der Waals surface area contributed by atoms with Gasteiger partial charge in [-0.05, 0) is 50.6 Å². The number of amides is 2. The summed E-state index contributed by atoms with van der Waals surface area (Å²) in [6.07, 6.45) is 1.01. The Balaban J connectivity index is 2.40. The largest absolute Gasteiger partial charge is 0.352 e. The number of nitrogens with one attached hydrogen (secondary N) is 1. The highest BCUT2D eigenvalue weighted by Gasteiger charge is 2.30. The molecule has 0 aliphatic carbocycles. The number of nitrogens with zero attached hydrogens (tertiary/aromatic N) is 2. The van der Waals surface area contributed by atoms with E-state index >= 15 is 0 Å². The average Bonchev–Trinajstić information content (AvgIpc) is 2.69. The Labute approximate surface area is 199 Å². The fourth-order valence-corrected chi connectivity index (χ4v) is 4.26. The molecule has 32 heavy (non-hydrogen) atoms. The van der Waals surface area contributed by atoms with Crippen molar-refractivity contribution in [2.24, 2.45) is 0 Å². The maximum atomic E-state index is 13.4. The van der Waals surface area contributed by atoms with Crippen molar-refractivity contribution < 1.29 is 18.0 Å². The number of sulfonamides is 1. The summed E-state index contributed by atoms with van der Waals surface area (Å²) in [5.74, 6) is -0.907. The van der Waals surface area contributed by atoms with E-state index in [4.69, 9.17) is 23.2 Å². The van der Waals surface area contributed by atoms with Crippen LogP contribution in [0.2, 0.25) is 10.0 Å². The van der Waals surface area contributed by atoms with E-state index in [1.807, 2.05) is 13.8 Å². The number of carbonyl (C=O) groups excluding carboxylic acids is 2. The van der Waals surface area contributed by atoms with E-state index in [0.717, 1.165) is 10.6 Å². The Morgan fingerprint density at radius 1 is 1.03 bits per heavy atom. The summed E-state index contributed by atoms with van der Waals surface area (Å²) in [6, 6.07) is 12.2.